The van der Waals surface area contributed by atoms with E-state index >= 15 is 0 Å². The molecule has 4 atom stereocenters. The van der Waals surface area contributed by atoms with Crippen LogP contribution in [-0.4, -0.2) is 58.3 Å². The first-order valence-electron chi connectivity index (χ1n) is 12.7. The lowest BCUT2D eigenvalue weighted by atomic mass is 9.69. The van der Waals surface area contributed by atoms with Gasteiger partial charge in [-0.25, -0.2) is 0 Å². The number of nitrogens with zero attached hydrogens (tertiary/aromatic N) is 3. The second kappa shape index (κ2) is 10.7. The van der Waals surface area contributed by atoms with Gasteiger partial charge in [0.1, 0.15) is 6.02 Å². The van der Waals surface area contributed by atoms with E-state index < -0.39 is 24.9 Å². The number of hydrogen-bond donors (Lipinski definition) is 2. The first-order valence-corrected chi connectivity index (χ1v) is 10.2. The average Bonchev–Trinajstić information content (AvgIpc) is 3.27. The zero-order chi connectivity index (χ0) is 25.1. The van der Waals surface area contributed by atoms with Crippen LogP contribution in [0.2, 0.25) is 0 Å². The number of esters is 2. The Labute approximate surface area is 178 Å². The fourth-order valence-electron chi connectivity index (χ4n) is 3.71. The molecular weight excluding hydrogens is 374 g/mol. The maximum atomic E-state index is 12.7. The zero-order valence-corrected chi connectivity index (χ0v) is 16.9. The second-order valence-electron chi connectivity index (χ2n) is 7.93. The number of rotatable bonds is 9. The van der Waals surface area contributed by atoms with Crippen molar-refractivity contribution < 1.29 is 25.9 Å². The maximum Gasteiger partial charge on any atom is 0.323 e. The molecule has 1 aromatic rings. The Morgan fingerprint density at radius 3 is 2.86 bits per heavy atom. The van der Waals surface area contributed by atoms with Crippen molar-refractivity contribution in [1.29, 1.82) is 0 Å². The fraction of sp³-hybridized carbons (Fsp3) is 0.850. The third kappa shape index (κ3) is 6.48. The molecule has 9 heteroatoms. The number of carbonyl (C=O) groups excluding carboxylic acids is 2. The fourth-order valence-corrected chi connectivity index (χ4v) is 3.71. The monoisotopic (exact) mass is 412 g/mol. The summed E-state index contributed by atoms with van der Waals surface area (Å²) in [5.41, 5.74) is 0. The topological polar surface area (TPSA) is 119 Å². The van der Waals surface area contributed by atoms with Crippen LogP contribution in [0.1, 0.15) is 65.1 Å². The number of aromatic amines is 1. The molecule has 0 spiro atoms. The van der Waals surface area contributed by atoms with Crippen molar-refractivity contribution in [3.05, 3.63) is 5.82 Å². The van der Waals surface area contributed by atoms with E-state index in [1.54, 1.807) is 13.8 Å². The van der Waals surface area contributed by atoms with Crippen LogP contribution in [0.15, 0.2) is 0 Å². The van der Waals surface area contributed by atoms with Gasteiger partial charge in [-0.05, 0) is 49.9 Å². The summed E-state index contributed by atoms with van der Waals surface area (Å²) in [6, 6.07) is -1.95. The molecule has 2 heterocycles. The Morgan fingerprint density at radius 2 is 2.10 bits per heavy atom. The molecule has 1 aliphatic carbocycles. The molecule has 2 N–H and O–H groups in total. The summed E-state index contributed by atoms with van der Waals surface area (Å²) in [7, 11) is 0. The molecule has 2 fully saturated rings. The van der Waals surface area contributed by atoms with Gasteiger partial charge < -0.3 is 14.8 Å². The molecule has 9 nitrogen and oxygen atoms in total. The van der Waals surface area contributed by atoms with Crippen LogP contribution < -0.4 is 5.32 Å². The smallest absolute Gasteiger partial charge is 0.323 e. The van der Waals surface area contributed by atoms with Crippen molar-refractivity contribution in [1.82, 2.24) is 25.9 Å². The predicted octanol–water partition coefficient (Wildman–Crippen LogP) is 1.66. The standard InChI is InChI=1S/C20H33N5O4/c1-13(2)19(26)28-8-3-9-29-20(27)17-11-16-10-14(4-6-15(16)12-21-17)5-7-18-22-24-25-23-18/h13-17,21H,3-12H2,1-2H3,(H,22,23,24,25)/t14-,15+,16-,17+/m1/s1/i7D2,12D2,17D. The van der Waals surface area contributed by atoms with Crippen LogP contribution in [-0.2, 0) is 25.4 Å². The second-order valence-corrected chi connectivity index (χ2v) is 7.93. The zero-order valence-electron chi connectivity index (χ0n) is 21.9. The highest BCUT2D eigenvalue weighted by Gasteiger charge is 2.38. The number of ether oxygens (including phenoxy) is 2. The molecule has 2 aliphatic rings. The van der Waals surface area contributed by atoms with Crippen molar-refractivity contribution in [2.24, 2.45) is 23.7 Å². The van der Waals surface area contributed by atoms with Crippen molar-refractivity contribution in [2.45, 2.75) is 64.8 Å². The molecular formula is C20H33N5O4. The largest absolute Gasteiger partial charge is 0.465 e. The first-order chi connectivity index (χ1) is 15.8. The van der Waals surface area contributed by atoms with Gasteiger partial charge in [0.25, 0.3) is 0 Å². The third-order valence-electron chi connectivity index (χ3n) is 5.34. The lowest BCUT2D eigenvalue weighted by molar-refractivity contribution is -0.150. The van der Waals surface area contributed by atoms with Crippen LogP contribution >= 0.6 is 0 Å². The molecule has 0 aromatic carbocycles. The van der Waals surface area contributed by atoms with E-state index in [9.17, 15) is 9.59 Å². The number of aromatic nitrogens is 4. The van der Waals surface area contributed by atoms with Crippen LogP contribution in [0.4, 0.5) is 0 Å². The third-order valence-corrected chi connectivity index (χ3v) is 5.34. The van der Waals surface area contributed by atoms with Gasteiger partial charge in [-0.1, -0.05) is 25.5 Å². The van der Waals surface area contributed by atoms with Crippen LogP contribution in [0.3, 0.4) is 0 Å². The van der Waals surface area contributed by atoms with Crippen molar-refractivity contribution in [3.63, 3.8) is 0 Å². The van der Waals surface area contributed by atoms with E-state index in [0.29, 0.717) is 19.3 Å². The highest BCUT2D eigenvalue weighted by Crippen LogP contribution is 2.40. The molecule has 1 saturated heterocycles. The highest BCUT2D eigenvalue weighted by atomic mass is 16.5. The Balaban J connectivity index is 1.57. The van der Waals surface area contributed by atoms with Gasteiger partial charge in [-0.2, -0.15) is 5.21 Å². The summed E-state index contributed by atoms with van der Waals surface area (Å²) in [4.78, 5) is 24.2. The number of piperidine rings is 1. The number of carbonyl (C=O) groups is 2. The number of nitrogens with one attached hydrogen (secondary N) is 2. The number of tetrazole rings is 1. The maximum absolute atomic E-state index is 12.7. The minimum absolute atomic E-state index is 0.0206. The Bertz CT molecular complexity index is 856. The van der Waals surface area contributed by atoms with Crippen molar-refractivity contribution in [2.75, 3.05) is 19.7 Å². The molecule has 1 aromatic heterocycles. The average molecular weight is 413 g/mol. The van der Waals surface area contributed by atoms with E-state index in [1.807, 2.05) is 0 Å². The highest BCUT2D eigenvalue weighted by molar-refractivity contribution is 5.76. The van der Waals surface area contributed by atoms with E-state index in [0.717, 1.165) is 0 Å². The summed E-state index contributed by atoms with van der Waals surface area (Å²) >= 11 is 0. The summed E-state index contributed by atoms with van der Waals surface area (Å²) in [5, 5.41) is 15.7. The number of hydrogen-bond acceptors (Lipinski definition) is 8. The van der Waals surface area contributed by atoms with Crippen LogP contribution in [0.25, 0.3) is 0 Å². The van der Waals surface area contributed by atoms with Crippen LogP contribution in [0, 0.1) is 23.7 Å². The lowest BCUT2D eigenvalue weighted by Gasteiger charge is -2.42. The van der Waals surface area contributed by atoms with Gasteiger partial charge in [0.05, 0.1) is 20.5 Å². The number of fused-ring (bicyclic) bond motifs is 1. The molecule has 1 aliphatic heterocycles. The summed E-state index contributed by atoms with van der Waals surface area (Å²) in [6.07, 6.45) is 0.353. The minimum atomic E-state index is -1.95. The number of H-pyrrole nitrogens is 1. The Kier molecular flexibility index (Phi) is 5.80. The van der Waals surface area contributed by atoms with Gasteiger partial charge in [0.15, 0.2) is 5.82 Å². The Morgan fingerprint density at radius 1 is 1.28 bits per heavy atom. The molecule has 0 radical (unpaired) electrons. The lowest BCUT2D eigenvalue weighted by Crippen LogP contribution is -2.50. The van der Waals surface area contributed by atoms with Crippen molar-refractivity contribution >= 4 is 11.9 Å². The van der Waals surface area contributed by atoms with Gasteiger partial charge >= 0.3 is 11.9 Å². The molecule has 29 heavy (non-hydrogen) atoms. The molecule has 0 unspecified atom stereocenters. The summed E-state index contributed by atoms with van der Waals surface area (Å²) in [6.45, 7) is 1.55. The van der Waals surface area contributed by atoms with E-state index in [2.05, 4.69) is 25.9 Å². The van der Waals surface area contributed by atoms with Crippen molar-refractivity contribution in [3.8, 4) is 0 Å². The molecule has 3 rings (SSSR count). The molecule has 0 amide bonds. The molecule has 162 valence electrons. The summed E-state index contributed by atoms with van der Waals surface area (Å²) < 4.78 is 52.4. The predicted molar refractivity (Wildman–Crippen MR) is 105 cm³/mol. The van der Waals surface area contributed by atoms with E-state index in [-0.39, 0.29) is 67.9 Å². The SMILES string of the molecule is [2H]C([2H])(C[C@H]1CC[C@@H]2[C@H](C1)C[C@@]([2H])(C(=O)OCCCOC(=O)C(C)C)NC2([2H])[2H])c1nn[nH]n1. The minimum Gasteiger partial charge on any atom is -0.465 e. The van der Waals surface area contributed by atoms with Gasteiger partial charge in [-0.3, -0.25) is 9.59 Å². The Hall–Kier alpha value is -2.03. The molecule has 1 saturated carbocycles. The molecule has 0 bridgehead atoms. The van der Waals surface area contributed by atoms with E-state index in [4.69, 9.17) is 16.3 Å². The summed E-state index contributed by atoms with van der Waals surface area (Å²) in [5.74, 6) is -2.22. The van der Waals surface area contributed by atoms with Gasteiger partial charge in [0, 0.05) is 18.3 Å². The van der Waals surface area contributed by atoms with Crippen LogP contribution in [0.5, 0.6) is 0 Å². The van der Waals surface area contributed by atoms with Gasteiger partial charge in [-0.15, -0.1) is 10.2 Å². The normalized spacial score (nSPS) is 34.0. The van der Waals surface area contributed by atoms with Gasteiger partial charge in [0.2, 0.25) is 0 Å². The van der Waals surface area contributed by atoms with E-state index in [1.165, 1.54) is 0 Å². The first kappa shape index (κ1) is 15.8. The number of aryl methyl sites for hydroxylation is 1. The quantitative estimate of drug-likeness (QED) is 0.464.